The number of carbonyl (C=O) groups excluding carboxylic acids is 1. The minimum Gasteiger partial charge on any atom is -0.379 e. The van der Waals surface area contributed by atoms with Crippen molar-refractivity contribution in [3.63, 3.8) is 0 Å². The maximum atomic E-state index is 12.4. The number of likely N-dealkylation sites (tertiary alicyclic amines) is 1. The Labute approximate surface area is 119 Å². The lowest BCUT2D eigenvalue weighted by atomic mass is 10.0. The van der Waals surface area contributed by atoms with E-state index in [9.17, 15) is 4.79 Å². The molecule has 3 rings (SSSR count). The molecular weight excluding hydrogens is 262 g/mol. The second kappa shape index (κ2) is 5.99. The highest BCUT2D eigenvalue weighted by molar-refractivity contribution is 7.99. The van der Waals surface area contributed by atoms with E-state index in [4.69, 9.17) is 4.74 Å². The van der Waals surface area contributed by atoms with Crippen LogP contribution in [-0.4, -0.2) is 78.8 Å². The van der Waals surface area contributed by atoms with Gasteiger partial charge in [0.15, 0.2) is 0 Å². The quantitative estimate of drug-likeness (QED) is 0.763. The van der Waals surface area contributed by atoms with Crippen LogP contribution in [0.2, 0.25) is 0 Å². The van der Waals surface area contributed by atoms with E-state index in [0.717, 1.165) is 51.0 Å². The minimum absolute atomic E-state index is 0.0423. The average molecular weight is 285 g/mol. The van der Waals surface area contributed by atoms with E-state index < -0.39 is 0 Å². The first kappa shape index (κ1) is 13.7. The van der Waals surface area contributed by atoms with Gasteiger partial charge in [0.1, 0.15) is 0 Å². The van der Waals surface area contributed by atoms with Crippen molar-refractivity contribution in [2.45, 2.75) is 19.0 Å². The summed E-state index contributed by atoms with van der Waals surface area (Å²) >= 11 is 1.81. The minimum atomic E-state index is 0.0423. The number of morpholine rings is 1. The Morgan fingerprint density at radius 3 is 2.79 bits per heavy atom. The van der Waals surface area contributed by atoms with Crippen molar-refractivity contribution in [2.75, 3.05) is 51.0 Å². The van der Waals surface area contributed by atoms with Gasteiger partial charge in [0.25, 0.3) is 0 Å². The molecular formula is C13H23N3O2S. The van der Waals surface area contributed by atoms with Crippen LogP contribution in [0.5, 0.6) is 0 Å². The molecule has 3 heterocycles. The topological polar surface area (TPSA) is 44.8 Å². The maximum absolute atomic E-state index is 12.4. The van der Waals surface area contributed by atoms with Crippen molar-refractivity contribution in [2.24, 2.45) is 5.92 Å². The monoisotopic (exact) mass is 285 g/mol. The Morgan fingerprint density at radius 1 is 1.32 bits per heavy atom. The Balaban J connectivity index is 1.59. The number of nitrogens with one attached hydrogen (secondary N) is 1. The molecule has 0 spiro atoms. The van der Waals surface area contributed by atoms with Gasteiger partial charge in [0.2, 0.25) is 5.91 Å². The SMILES string of the molecule is CC1CN(C(=O)C2CSCN2)CC1N1CCOCC1. The summed E-state index contributed by atoms with van der Waals surface area (Å²) < 4.78 is 5.42. The zero-order chi connectivity index (χ0) is 13.2. The van der Waals surface area contributed by atoms with Crippen LogP contribution in [-0.2, 0) is 9.53 Å². The molecule has 19 heavy (non-hydrogen) atoms. The first-order valence-corrected chi connectivity index (χ1v) is 8.33. The summed E-state index contributed by atoms with van der Waals surface area (Å²) in [5, 5.41) is 3.28. The molecule has 3 unspecified atom stereocenters. The van der Waals surface area contributed by atoms with Crippen LogP contribution in [0.15, 0.2) is 0 Å². The smallest absolute Gasteiger partial charge is 0.240 e. The highest BCUT2D eigenvalue weighted by atomic mass is 32.2. The first-order chi connectivity index (χ1) is 9.25. The van der Waals surface area contributed by atoms with E-state index in [1.807, 2.05) is 11.8 Å². The molecule has 1 amide bonds. The fraction of sp³-hybridized carbons (Fsp3) is 0.923. The summed E-state index contributed by atoms with van der Waals surface area (Å²) in [6.45, 7) is 7.75. The average Bonchev–Trinajstić information content (AvgIpc) is 3.08. The van der Waals surface area contributed by atoms with Crippen LogP contribution < -0.4 is 5.32 Å². The van der Waals surface area contributed by atoms with Crippen LogP contribution in [0.25, 0.3) is 0 Å². The molecule has 0 radical (unpaired) electrons. The number of amides is 1. The molecule has 3 aliphatic rings. The van der Waals surface area contributed by atoms with Gasteiger partial charge in [0.05, 0.1) is 19.3 Å². The van der Waals surface area contributed by atoms with Gasteiger partial charge in [-0.3, -0.25) is 15.0 Å². The van der Waals surface area contributed by atoms with Gasteiger partial charge in [-0.1, -0.05) is 6.92 Å². The van der Waals surface area contributed by atoms with Crippen molar-refractivity contribution >= 4 is 17.7 Å². The molecule has 3 atom stereocenters. The molecule has 0 bridgehead atoms. The van der Waals surface area contributed by atoms with E-state index in [-0.39, 0.29) is 6.04 Å². The van der Waals surface area contributed by atoms with Gasteiger partial charge in [0, 0.05) is 43.9 Å². The fourth-order valence-corrected chi connectivity index (χ4v) is 4.22. The van der Waals surface area contributed by atoms with E-state index in [1.165, 1.54) is 0 Å². The highest BCUT2D eigenvalue weighted by Crippen LogP contribution is 2.24. The molecule has 3 aliphatic heterocycles. The second-order valence-corrected chi connectivity index (χ2v) is 6.74. The van der Waals surface area contributed by atoms with Gasteiger partial charge in [-0.25, -0.2) is 0 Å². The number of ether oxygens (including phenoxy) is 1. The lowest BCUT2D eigenvalue weighted by Gasteiger charge is -2.34. The molecule has 1 N–H and O–H groups in total. The number of rotatable bonds is 2. The summed E-state index contributed by atoms with van der Waals surface area (Å²) in [5.41, 5.74) is 0. The third-order valence-electron chi connectivity index (χ3n) is 4.41. The second-order valence-electron chi connectivity index (χ2n) is 5.71. The van der Waals surface area contributed by atoms with Crippen molar-refractivity contribution in [1.82, 2.24) is 15.1 Å². The van der Waals surface area contributed by atoms with Crippen LogP contribution >= 0.6 is 11.8 Å². The molecule has 5 nitrogen and oxygen atoms in total. The van der Waals surface area contributed by atoms with Crippen LogP contribution in [0.4, 0.5) is 0 Å². The Morgan fingerprint density at radius 2 is 2.11 bits per heavy atom. The molecule has 108 valence electrons. The summed E-state index contributed by atoms with van der Waals surface area (Å²) in [5.74, 6) is 2.70. The number of nitrogens with zero attached hydrogens (tertiary/aromatic N) is 2. The highest BCUT2D eigenvalue weighted by Gasteiger charge is 2.39. The Kier molecular flexibility index (Phi) is 4.31. The lowest BCUT2D eigenvalue weighted by molar-refractivity contribution is -0.131. The molecule has 0 saturated carbocycles. The maximum Gasteiger partial charge on any atom is 0.240 e. The molecule has 6 heteroatoms. The Bertz CT molecular complexity index is 330. The largest absolute Gasteiger partial charge is 0.379 e. The van der Waals surface area contributed by atoms with Gasteiger partial charge in [-0.2, -0.15) is 0 Å². The molecule has 3 fully saturated rings. The molecule has 0 aliphatic carbocycles. The van der Waals surface area contributed by atoms with E-state index in [2.05, 4.69) is 22.0 Å². The van der Waals surface area contributed by atoms with Gasteiger partial charge in [-0.05, 0) is 5.92 Å². The number of hydrogen-bond acceptors (Lipinski definition) is 5. The van der Waals surface area contributed by atoms with Gasteiger partial charge >= 0.3 is 0 Å². The summed E-state index contributed by atoms with van der Waals surface area (Å²) in [6.07, 6.45) is 0. The van der Waals surface area contributed by atoms with E-state index in [0.29, 0.717) is 17.9 Å². The van der Waals surface area contributed by atoms with Crippen molar-refractivity contribution in [1.29, 1.82) is 0 Å². The lowest BCUT2D eigenvalue weighted by Crippen LogP contribution is -2.48. The van der Waals surface area contributed by atoms with Crippen LogP contribution in [0.1, 0.15) is 6.92 Å². The van der Waals surface area contributed by atoms with Crippen LogP contribution in [0.3, 0.4) is 0 Å². The van der Waals surface area contributed by atoms with Crippen molar-refractivity contribution < 1.29 is 9.53 Å². The van der Waals surface area contributed by atoms with Crippen molar-refractivity contribution in [3.05, 3.63) is 0 Å². The number of carbonyl (C=O) groups is 1. The Hall–Kier alpha value is -0.300. The van der Waals surface area contributed by atoms with Gasteiger partial charge < -0.3 is 9.64 Å². The number of hydrogen-bond donors (Lipinski definition) is 1. The predicted molar refractivity (Wildman–Crippen MR) is 76.2 cm³/mol. The molecule has 0 aromatic carbocycles. The molecule has 0 aromatic rings. The zero-order valence-corrected chi connectivity index (χ0v) is 12.3. The summed E-state index contributed by atoms with van der Waals surface area (Å²) in [7, 11) is 0. The van der Waals surface area contributed by atoms with Gasteiger partial charge in [-0.15, -0.1) is 11.8 Å². The van der Waals surface area contributed by atoms with Crippen molar-refractivity contribution in [3.8, 4) is 0 Å². The molecule has 0 aromatic heterocycles. The summed E-state index contributed by atoms with van der Waals surface area (Å²) in [4.78, 5) is 17.0. The first-order valence-electron chi connectivity index (χ1n) is 7.17. The third kappa shape index (κ3) is 2.91. The zero-order valence-electron chi connectivity index (χ0n) is 11.5. The number of thioether (sulfide) groups is 1. The third-order valence-corrected chi connectivity index (χ3v) is 5.35. The predicted octanol–water partition coefficient (Wildman–Crippen LogP) is -0.172. The van der Waals surface area contributed by atoms with E-state index >= 15 is 0 Å². The van der Waals surface area contributed by atoms with E-state index in [1.54, 1.807) is 0 Å². The van der Waals surface area contributed by atoms with Crippen LogP contribution in [0, 0.1) is 5.92 Å². The molecule has 3 saturated heterocycles. The summed E-state index contributed by atoms with van der Waals surface area (Å²) in [6, 6.07) is 0.558. The fourth-order valence-electron chi connectivity index (χ4n) is 3.29. The standard InChI is InChI=1S/C13H23N3O2S/c1-10-6-16(13(17)11-8-19-9-14-11)7-12(10)15-2-4-18-5-3-15/h10-12,14H,2-9H2,1H3. The normalized spacial score (nSPS) is 36.9.